The number of hydrogen-bond acceptors (Lipinski definition) is 3. The Morgan fingerprint density at radius 2 is 2.16 bits per heavy atom. The minimum atomic E-state index is 0.0345. The second-order valence-corrected chi connectivity index (χ2v) is 6.21. The van der Waals surface area contributed by atoms with E-state index in [9.17, 15) is 0 Å². The molecule has 0 fully saturated rings. The highest BCUT2D eigenvalue weighted by Gasteiger charge is 2.22. The van der Waals surface area contributed by atoms with Crippen molar-refractivity contribution in [2.24, 2.45) is 0 Å². The molecule has 5 heteroatoms. The van der Waals surface area contributed by atoms with Gasteiger partial charge in [0.2, 0.25) is 0 Å². The molecular formula is C14H13Cl2NOS. The molecule has 19 heavy (non-hydrogen) atoms. The standard InChI is InChI=1S/C14H13Cl2NOS/c15-10-2-1-3-12(14(10)16)18-11-4-6-17-8-13-9(11)5-7-19-13/h1-3,5,7,11,17H,4,6,8H2. The Bertz CT molecular complexity index is 585. The third-order valence-electron chi connectivity index (χ3n) is 3.18. The normalized spacial score (nSPS) is 18.7. The predicted molar refractivity (Wildman–Crippen MR) is 80.5 cm³/mol. The maximum Gasteiger partial charge on any atom is 0.140 e. The molecule has 1 aromatic heterocycles. The van der Waals surface area contributed by atoms with Crippen LogP contribution < -0.4 is 10.1 Å². The summed E-state index contributed by atoms with van der Waals surface area (Å²) in [5.41, 5.74) is 1.26. The number of halogens is 2. The number of nitrogens with one attached hydrogen (secondary N) is 1. The van der Waals surface area contributed by atoms with Gasteiger partial charge in [-0.1, -0.05) is 29.3 Å². The molecule has 100 valence electrons. The molecule has 3 rings (SSSR count). The second kappa shape index (κ2) is 5.71. The van der Waals surface area contributed by atoms with Gasteiger partial charge in [0.25, 0.3) is 0 Å². The zero-order chi connectivity index (χ0) is 13.2. The van der Waals surface area contributed by atoms with Crippen molar-refractivity contribution in [1.29, 1.82) is 0 Å². The van der Waals surface area contributed by atoms with Gasteiger partial charge in [-0.05, 0) is 30.1 Å². The van der Waals surface area contributed by atoms with Crippen LogP contribution >= 0.6 is 34.5 Å². The lowest BCUT2D eigenvalue weighted by Crippen LogP contribution is -2.14. The number of rotatable bonds is 2. The highest BCUT2D eigenvalue weighted by Crippen LogP contribution is 2.37. The molecule has 0 saturated carbocycles. The summed E-state index contributed by atoms with van der Waals surface area (Å²) in [5.74, 6) is 0.651. The van der Waals surface area contributed by atoms with Crippen molar-refractivity contribution in [1.82, 2.24) is 5.32 Å². The van der Waals surface area contributed by atoms with Gasteiger partial charge in [0.15, 0.2) is 0 Å². The summed E-state index contributed by atoms with van der Waals surface area (Å²) in [4.78, 5) is 1.33. The van der Waals surface area contributed by atoms with Crippen LogP contribution in [0.4, 0.5) is 0 Å². The number of benzene rings is 1. The minimum absolute atomic E-state index is 0.0345. The molecule has 2 aromatic rings. The van der Waals surface area contributed by atoms with Gasteiger partial charge in [-0.2, -0.15) is 0 Å². The van der Waals surface area contributed by atoms with E-state index >= 15 is 0 Å². The van der Waals surface area contributed by atoms with Crippen molar-refractivity contribution in [2.45, 2.75) is 19.1 Å². The van der Waals surface area contributed by atoms with Crippen molar-refractivity contribution in [3.8, 4) is 5.75 Å². The van der Waals surface area contributed by atoms with Crippen LogP contribution in [-0.2, 0) is 6.54 Å². The first-order chi connectivity index (χ1) is 9.25. The summed E-state index contributed by atoms with van der Waals surface area (Å²) in [5, 5.41) is 6.52. The molecule has 1 aliphatic rings. The van der Waals surface area contributed by atoms with E-state index in [-0.39, 0.29) is 6.10 Å². The monoisotopic (exact) mass is 313 g/mol. The Morgan fingerprint density at radius 3 is 3.05 bits per heavy atom. The van der Waals surface area contributed by atoms with Gasteiger partial charge >= 0.3 is 0 Å². The lowest BCUT2D eigenvalue weighted by atomic mass is 10.1. The first-order valence-electron chi connectivity index (χ1n) is 6.13. The van der Waals surface area contributed by atoms with Crippen molar-refractivity contribution in [2.75, 3.05) is 6.54 Å². The van der Waals surface area contributed by atoms with Crippen LogP contribution in [0.3, 0.4) is 0 Å². The van der Waals surface area contributed by atoms with E-state index in [0.29, 0.717) is 15.8 Å². The Morgan fingerprint density at radius 1 is 1.26 bits per heavy atom. The van der Waals surface area contributed by atoms with Gasteiger partial charge in [0.1, 0.15) is 16.9 Å². The second-order valence-electron chi connectivity index (χ2n) is 4.42. The Balaban J connectivity index is 1.89. The van der Waals surface area contributed by atoms with E-state index in [1.807, 2.05) is 12.1 Å². The molecule has 1 N–H and O–H groups in total. The fraction of sp³-hybridized carbons (Fsp3) is 0.286. The summed E-state index contributed by atoms with van der Waals surface area (Å²) in [6.07, 6.45) is 0.958. The number of ether oxygens (including phenoxy) is 1. The predicted octanol–water partition coefficient (Wildman–Crippen LogP) is 4.67. The quantitative estimate of drug-likeness (QED) is 0.870. The maximum atomic E-state index is 6.18. The molecule has 2 heterocycles. The minimum Gasteiger partial charge on any atom is -0.484 e. The van der Waals surface area contributed by atoms with E-state index < -0.39 is 0 Å². The fourth-order valence-electron chi connectivity index (χ4n) is 2.22. The van der Waals surface area contributed by atoms with Crippen molar-refractivity contribution >= 4 is 34.5 Å². The van der Waals surface area contributed by atoms with Crippen LogP contribution in [-0.4, -0.2) is 6.54 Å². The highest BCUT2D eigenvalue weighted by atomic mass is 35.5. The first-order valence-corrected chi connectivity index (χ1v) is 7.77. The van der Waals surface area contributed by atoms with Crippen LogP contribution in [0.5, 0.6) is 5.75 Å². The summed E-state index contributed by atoms with van der Waals surface area (Å²) in [6.45, 7) is 1.85. The van der Waals surface area contributed by atoms with Crippen molar-refractivity contribution < 1.29 is 4.74 Å². The summed E-state index contributed by atoms with van der Waals surface area (Å²) in [6, 6.07) is 7.61. The molecule has 1 aromatic carbocycles. The fourth-order valence-corrected chi connectivity index (χ4v) is 3.46. The average Bonchev–Trinajstić information content (AvgIpc) is 2.79. The van der Waals surface area contributed by atoms with Crippen LogP contribution in [0.15, 0.2) is 29.6 Å². The van der Waals surface area contributed by atoms with E-state index in [2.05, 4.69) is 16.8 Å². The van der Waals surface area contributed by atoms with Crippen LogP contribution in [0.1, 0.15) is 23.0 Å². The molecule has 0 amide bonds. The number of hydrogen-bond donors (Lipinski definition) is 1. The number of thiophene rings is 1. The van der Waals surface area contributed by atoms with Crippen molar-refractivity contribution in [3.63, 3.8) is 0 Å². The van der Waals surface area contributed by atoms with Crippen LogP contribution in [0, 0.1) is 0 Å². The largest absolute Gasteiger partial charge is 0.484 e. The summed E-state index contributed by atoms with van der Waals surface area (Å²) < 4.78 is 6.08. The smallest absolute Gasteiger partial charge is 0.140 e. The molecule has 0 aliphatic carbocycles. The zero-order valence-corrected chi connectivity index (χ0v) is 12.5. The van der Waals surface area contributed by atoms with Gasteiger partial charge in [-0.25, -0.2) is 0 Å². The molecule has 0 saturated heterocycles. The summed E-state index contributed by atoms with van der Waals surface area (Å²) in [7, 11) is 0. The molecule has 1 unspecified atom stereocenters. The molecule has 2 nitrogen and oxygen atoms in total. The molecule has 0 radical (unpaired) electrons. The SMILES string of the molecule is Clc1cccc(OC2CCNCc3sccc32)c1Cl. The lowest BCUT2D eigenvalue weighted by Gasteiger charge is -2.18. The Hall–Kier alpha value is -0.740. The molecule has 1 atom stereocenters. The molecule has 1 aliphatic heterocycles. The van der Waals surface area contributed by atoms with E-state index in [1.165, 1.54) is 10.4 Å². The Kier molecular flexibility index (Phi) is 3.99. The molecule has 0 bridgehead atoms. The van der Waals surface area contributed by atoms with Crippen LogP contribution in [0.2, 0.25) is 10.0 Å². The van der Waals surface area contributed by atoms with Gasteiger partial charge in [-0.3, -0.25) is 0 Å². The van der Waals surface area contributed by atoms with Gasteiger partial charge in [0, 0.05) is 23.4 Å². The maximum absolute atomic E-state index is 6.18. The zero-order valence-electron chi connectivity index (χ0n) is 10.2. The number of fused-ring (bicyclic) bond motifs is 1. The van der Waals surface area contributed by atoms with E-state index in [4.69, 9.17) is 27.9 Å². The topological polar surface area (TPSA) is 21.3 Å². The third kappa shape index (κ3) is 2.75. The summed E-state index contributed by atoms with van der Waals surface area (Å²) >= 11 is 14.0. The van der Waals surface area contributed by atoms with E-state index in [0.717, 1.165) is 19.5 Å². The van der Waals surface area contributed by atoms with E-state index in [1.54, 1.807) is 17.4 Å². The average molecular weight is 314 g/mol. The van der Waals surface area contributed by atoms with Gasteiger partial charge in [-0.15, -0.1) is 11.3 Å². The van der Waals surface area contributed by atoms with Crippen molar-refractivity contribution in [3.05, 3.63) is 50.1 Å². The van der Waals surface area contributed by atoms with Crippen LogP contribution in [0.25, 0.3) is 0 Å². The molecule has 0 spiro atoms. The first kappa shape index (κ1) is 13.3. The Labute approximate surface area is 126 Å². The van der Waals surface area contributed by atoms with Gasteiger partial charge in [0.05, 0.1) is 5.02 Å². The lowest BCUT2D eigenvalue weighted by molar-refractivity contribution is 0.198. The third-order valence-corrected chi connectivity index (χ3v) is 4.92. The highest BCUT2D eigenvalue weighted by molar-refractivity contribution is 7.10. The van der Waals surface area contributed by atoms with Gasteiger partial charge < -0.3 is 10.1 Å². The molecular weight excluding hydrogens is 301 g/mol.